The van der Waals surface area contributed by atoms with Crippen molar-refractivity contribution in [2.24, 2.45) is 0 Å². The van der Waals surface area contributed by atoms with Crippen molar-refractivity contribution in [3.05, 3.63) is 0 Å². The van der Waals surface area contributed by atoms with Crippen LogP contribution in [0.2, 0.25) is 0 Å². The number of carboxylic acids is 1. The summed E-state index contributed by atoms with van der Waals surface area (Å²) in [6.45, 7) is 3.77. The molecule has 2 aliphatic heterocycles. The molecule has 2 fully saturated rings. The number of carbonyl (C=O) groups excluding carboxylic acids is 1. The first-order valence-electron chi connectivity index (χ1n) is 6.48. The fraction of sp³-hybridized carbons (Fsp3) is 0.833. The van der Waals surface area contributed by atoms with E-state index in [4.69, 9.17) is 9.84 Å². The van der Waals surface area contributed by atoms with Gasteiger partial charge in [-0.1, -0.05) is 6.92 Å². The van der Waals surface area contributed by atoms with Crippen LogP contribution >= 0.6 is 0 Å². The van der Waals surface area contributed by atoms with Crippen LogP contribution in [0.1, 0.15) is 26.2 Å². The molecule has 2 N–H and O–H groups in total. The first-order valence-corrected chi connectivity index (χ1v) is 6.48. The number of hydrogen-bond acceptors (Lipinski definition) is 4. The van der Waals surface area contributed by atoms with Crippen molar-refractivity contribution in [3.63, 3.8) is 0 Å². The Morgan fingerprint density at radius 3 is 2.89 bits per heavy atom. The van der Waals surface area contributed by atoms with Crippen molar-refractivity contribution in [1.29, 1.82) is 0 Å². The maximum Gasteiger partial charge on any atom is 0.334 e. The van der Waals surface area contributed by atoms with E-state index in [-0.39, 0.29) is 12.5 Å². The molecule has 2 saturated heterocycles. The van der Waals surface area contributed by atoms with Crippen LogP contribution in [-0.4, -0.2) is 59.8 Å². The Morgan fingerprint density at radius 2 is 2.33 bits per heavy atom. The summed E-state index contributed by atoms with van der Waals surface area (Å²) in [7, 11) is 0. The Balaban J connectivity index is 2.06. The van der Waals surface area contributed by atoms with Gasteiger partial charge < -0.3 is 20.1 Å². The molecule has 18 heavy (non-hydrogen) atoms. The third kappa shape index (κ3) is 2.35. The minimum absolute atomic E-state index is 0.0250. The van der Waals surface area contributed by atoms with Crippen LogP contribution < -0.4 is 5.32 Å². The highest BCUT2D eigenvalue weighted by molar-refractivity contribution is 5.87. The number of hydrogen-bond donors (Lipinski definition) is 2. The Labute approximate surface area is 106 Å². The normalized spacial score (nSPS) is 32.5. The lowest BCUT2D eigenvalue weighted by molar-refractivity contribution is -0.161. The van der Waals surface area contributed by atoms with Crippen molar-refractivity contribution < 1.29 is 19.4 Å². The first-order chi connectivity index (χ1) is 8.59. The molecule has 102 valence electrons. The maximum absolute atomic E-state index is 12.5. The van der Waals surface area contributed by atoms with Gasteiger partial charge in [-0.3, -0.25) is 4.79 Å². The van der Waals surface area contributed by atoms with Crippen LogP contribution in [0.5, 0.6) is 0 Å². The topological polar surface area (TPSA) is 78.9 Å². The van der Waals surface area contributed by atoms with Gasteiger partial charge in [0.1, 0.15) is 0 Å². The molecule has 2 heterocycles. The van der Waals surface area contributed by atoms with Gasteiger partial charge in [0.25, 0.3) is 0 Å². The molecule has 6 nitrogen and oxygen atoms in total. The second-order valence-electron chi connectivity index (χ2n) is 4.91. The molecule has 0 aliphatic carbocycles. The van der Waals surface area contributed by atoms with Crippen LogP contribution in [0.25, 0.3) is 0 Å². The number of ether oxygens (including phenoxy) is 1. The van der Waals surface area contributed by atoms with Crippen molar-refractivity contribution in [1.82, 2.24) is 10.2 Å². The number of morpholine rings is 1. The Bertz CT molecular complexity index is 339. The van der Waals surface area contributed by atoms with Crippen molar-refractivity contribution in [2.75, 3.05) is 26.2 Å². The number of nitrogens with one attached hydrogen (secondary N) is 1. The second kappa shape index (κ2) is 5.24. The average Bonchev–Trinajstić information content (AvgIpc) is 2.88. The predicted octanol–water partition coefficient (Wildman–Crippen LogP) is -0.169. The van der Waals surface area contributed by atoms with Crippen molar-refractivity contribution in [3.8, 4) is 0 Å². The van der Waals surface area contributed by atoms with E-state index >= 15 is 0 Å². The van der Waals surface area contributed by atoms with Crippen LogP contribution in [0, 0.1) is 0 Å². The molecular formula is C12H20N2O4. The highest BCUT2D eigenvalue weighted by Gasteiger charge is 2.43. The molecule has 0 aromatic heterocycles. The highest BCUT2D eigenvalue weighted by Crippen LogP contribution is 2.26. The summed E-state index contributed by atoms with van der Waals surface area (Å²) in [4.78, 5) is 25.1. The summed E-state index contributed by atoms with van der Waals surface area (Å²) < 4.78 is 5.14. The monoisotopic (exact) mass is 256 g/mol. The third-order valence-electron chi connectivity index (χ3n) is 3.89. The molecule has 2 atom stereocenters. The van der Waals surface area contributed by atoms with Gasteiger partial charge in [-0.05, 0) is 25.8 Å². The minimum atomic E-state index is -1.00. The Morgan fingerprint density at radius 1 is 1.56 bits per heavy atom. The Kier molecular flexibility index (Phi) is 3.87. The summed E-state index contributed by atoms with van der Waals surface area (Å²) in [5.41, 5.74) is -0.486. The maximum atomic E-state index is 12.5. The molecule has 2 rings (SSSR count). The second-order valence-corrected chi connectivity index (χ2v) is 4.91. The van der Waals surface area contributed by atoms with E-state index < -0.39 is 17.6 Å². The minimum Gasteiger partial charge on any atom is -0.479 e. The van der Waals surface area contributed by atoms with Gasteiger partial charge in [0.2, 0.25) is 5.91 Å². The molecule has 2 aliphatic rings. The zero-order valence-electron chi connectivity index (χ0n) is 10.6. The summed E-state index contributed by atoms with van der Waals surface area (Å²) in [5.74, 6) is -0.977. The van der Waals surface area contributed by atoms with Crippen LogP contribution in [-0.2, 0) is 14.3 Å². The molecule has 0 bridgehead atoms. The highest BCUT2D eigenvalue weighted by atomic mass is 16.5. The van der Waals surface area contributed by atoms with Gasteiger partial charge in [-0.15, -0.1) is 0 Å². The average molecular weight is 256 g/mol. The largest absolute Gasteiger partial charge is 0.479 e. The van der Waals surface area contributed by atoms with Crippen LogP contribution in [0.15, 0.2) is 0 Å². The number of aliphatic carboxylic acids is 1. The molecule has 1 amide bonds. The number of rotatable bonds is 3. The zero-order valence-corrected chi connectivity index (χ0v) is 10.6. The van der Waals surface area contributed by atoms with E-state index in [1.165, 1.54) is 0 Å². The zero-order chi connectivity index (χ0) is 13.2. The number of nitrogens with zero attached hydrogens (tertiary/aromatic N) is 1. The van der Waals surface area contributed by atoms with Crippen molar-refractivity contribution >= 4 is 11.9 Å². The van der Waals surface area contributed by atoms with Gasteiger partial charge >= 0.3 is 5.97 Å². The van der Waals surface area contributed by atoms with E-state index in [9.17, 15) is 9.59 Å². The summed E-state index contributed by atoms with van der Waals surface area (Å²) in [6, 6.07) is 0. The summed E-state index contributed by atoms with van der Waals surface area (Å²) in [5, 5.41) is 12.2. The molecular weight excluding hydrogens is 236 g/mol. The lowest BCUT2D eigenvalue weighted by Crippen LogP contribution is -2.59. The number of carbonyl (C=O) groups is 2. The molecule has 2 unspecified atom stereocenters. The van der Waals surface area contributed by atoms with E-state index in [0.717, 1.165) is 25.8 Å². The summed E-state index contributed by atoms with van der Waals surface area (Å²) in [6.07, 6.45) is 1.67. The fourth-order valence-electron chi connectivity index (χ4n) is 2.73. The lowest BCUT2D eigenvalue weighted by Gasteiger charge is -2.37. The molecule has 0 saturated carbocycles. The van der Waals surface area contributed by atoms with Crippen LogP contribution in [0.3, 0.4) is 0 Å². The predicted molar refractivity (Wildman–Crippen MR) is 64.2 cm³/mol. The molecule has 6 heteroatoms. The standard InChI is InChI=1S/C12H20N2O4/c1-2-12(4-3-5-13-12)11(17)14-6-7-18-9(8-14)10(15)16/h9,13H,2-8H2,1H3,(H,15,16). The molecule has 0 radical (unpaired) electrons. The fourth-order valence-corrected chi connectivity index (χ4v) is 2.73. The van der Waals surface area contributed by atoms with Gasteiger partial charge in [0.05, 0.1) is 18.7 Å². The van der Waals surface area contributed by atoms with E-state index in [1.807, 2.05) is 6.92 Å². The smallest absolute Gasteiger partial charge is 0.334 e. The molecule has 0 aromatic rings. The third-order valence-corrected chi connectivity index (χ3v) is 3.89. The van der Waals surface area contributed by atoms with Gasteiger partial charge in [-0.25, -0.2) is 4.79 Å². The van der Waals surface area contributed by atoms with Gasteiger partial charge in [0, 0.05) is 6.54 Å². The molecule has 0 aromatic carbocycles. The van der Waals surface area contributed by atoms with Crippen LogP contribution in [0.4, 0.5) is 0 Å². The molecule has 0 spiro atoms. The summed E-state index contributed by atoms with van der Waals surface area (Å²) >= 11 is 0. The van der Waals surface area contributed by atoms with Gasteiger partial charge in [0.15, 0.2) is 6.10 Å². The van der Waals surface area contributed by atoms with E-state index in [2.05, 4.69) is 5.32 Å². The van der Waals surface area contributed by atoms with E-state index in [0.29, 0.717) is 13.2 Å². The van der Waals surface area contributed by atoms with Crippen molar-refractivity contribution in [2.45, 2.75) is 37.8 Å². The SMILES string of the molecule is CCC1(C(=O)N2CCOC(C(=O)O)C2)CCCN1. The number of carboxylic acid groups (broad SMARTS) is 1. The Hall–Kier alpha value is -1.14. The van der Waals surface area contributed by atoms with E-state index in [1.54, 1.807) is 4.90 Å². The first kappa shape index (κ1) is 13.3. The number of amides is 1. The van der Waals surface area contributed by atoms with Gasteiger partial charge in [-0.2, -0.15) is 0 Å². The lowest BCUT2D eigenvalue weighted by atomic mass is 9.92. The quantitative estimate of drug-likeness (QED) is 0.733.